The number of aliphatic hydroxyl groups is 2. The average Bonchev–Trinajstić information content (AvgIpc) is 3.01. The number of methoxy groups -OCH3 is 1. The Kier molecular flexibility index (Phi) is 11.2. The number of carbonyl (C=O) groups is 4. The summed E-state index contributed by atoms with van der Waals surface area (Å²) in [5.74, 6) is -8.10. The van der Waals surface area contributed by atoms with Crippen LogP contribution in [0.5, 0.6) is 34.5 Å². The zero-order valence-electron chi connectivity index (χ0n) is 28.3. The minimum absolute atomic E-state index is 0.0281. The number of ketones is 4. The van der Waals surface area contributed by atoms with Crippen molar-refractivity contribution in [3.63, 3.8) is 0 Å². The van der Waals surface area contributed by atoms with Crippen LogP contribution in [0.25, 0.3) is 0 Å². The van der Waals surface area contributed by atoms with Gasteiger partial charge in [-0.1, -0.05) is 20.8 Å². The van der Waals surface area contributed by atoms with Crippen molar-refractivity contribution in [3.8, 4) is 34.5 Å². The van der Waals surface area contributed by atoms with Crippen LogP contribution in [-0.4, -0.2) is 66.0 Å². The smallest absolute Gasteiger partial charge is 0.183 e. The lowest BCUT2D eigenvalue weighted by molar-refractivity contribution is -0.127. The maximum atomic E-state index is 13.3. The van der Waals surface area contributed by atoms with E-state index in [1.165, 1.54) is 27.9 Å². The second-order valence-electron chi connectivity index (χ2n) is 12.5. The van der Waals surface area contributed by atoms with Gasteiger partial charge in [-0.05, 0) is 40.0 Å². The van der Waals surface area contributed by atoms with Crippen LogP contribution < -0.4 is 4.74 Å². The van der Waals surface area contributed by atoms with E-state index >= 15 is 0 Å². The molecule has 0 atom stereocenters. The Bertz CT molecular complexity index is 1760. The maximum absolute atomic E-state index is 13.3. The van der Waals surface area contributed by atoms with Crippen molar-refractivity contribution >= 4 is 23.1 Å². The Balaban J connectivity index is 2.40. The van der Waals surface area contributed by atoms with Gasteiger partial charge in [0, 0.05) is 59.9 Å². The molecule has 0 heterocycles. The number of phenols is 5. The Morgan fingerprint density at radius 2 is 1.08 bits per heavy atom. The Morgan fingerprint density at radius 1 is 0.646 bits per heavy atom. The number of aliphatic hydroxyl groups excluding tert-OH is 2. The highest BCUT2D eigenvalue weighted by Crippen LogP contribution is 2.50. The van der Waals surface area contributed by atoms with Gasteiger partial charge >= 0.3 is 0 Å². The molecule has 7 N–H and O–H groups in total. The van der Waals surface area contributed by atoms with E-state index in [2.05, 4.69) is 0 Å². The highest BCUT2D eigenvalue weighted by molar-refractivity contribution is 6.24. The molecule has 0 bridgehead atoms. The molecule has 48 heavy (non-hydrogen) atoms. The van der Waals surface area contributed by atoms with Crippen LogP contribution in [0.4, 0.5) is 0 Å². The molecule has 12 nitrogen and oxygen atoms in total. The van der Waals surface area contributed by atoms with E-state index in [0.717, 1.165) is 0 Å². The average molecular weight is 669 g/mol. The van der Waals surface area contributed by atoms with Crippen LogP contribution >= 0.6 is 0 Å². The molecule has 0 saturated heterocycles. The van der Waals surface area contributed by atoms with Gasteiger partial charge in [-0.3, -0.25) is 19.2 Å². The van der Waals surface area contributed by atoms with Gasteiger partial charge in [-0.25, -0.2) is 0 Å². The molecular formula is C36H44O12. The molecule has 0 aliphatic heterocycles. The van der Waals surface area contributed by atoms with Gasteiger partial charge in [0.05, 0.1) is 12.5 Å². The molecule has 260 valence electrons. The minimum atomic E-state index is -1.69. The molecule has 0 fully saturated rings. The number of hydrogen-bond acceptors (Lipinski definition) is 12. The zero-order valence-corrected chi connectivity index (χ0v) is 28.3. The van der Waals surface area contributed by atoms with Gasteiger partial charge in [0.15, 0.2) is 23.1 Å². The third-order valence-electron chi connectivity index (χ3n) is 8.72. The van der Waals surface area contributed by atoms with Gasteiger partial charge < -0.3 is 40.5 Å². The fourth-order valence-corrected chi connectivity index (χ4v) is 6.00. The van der Waals surface area contributed by atoms with E-state index in [9.17, 15) is 54.9 Å². The third-order valence-corrected chi connectivity index (χ3v) is 8.72. The van der Waals surface area contributed by atoms with Crippen molar-refractivity contribution in [2.24, 2.45) is 5.41 Å². The molecular weight excluding hydrogens is 624 g/mol. The van der Waals surface area contributed by atoms with Crippen molar-refractivity contribution in [3.05, 3.63) is 56.0 Å². The van der Waals surface area contributed by atoms with Crippen LogP contribution in [0.2, 0.25) is 0 Å². The molecule has 1 aliphatic carbocycles. The van der Waals surface area contributed by atoms with Crippen LogP contribution in [-0.2, 0) is 22.4 Å². The number of benzene rings is 2. The topological polar surface area (TPSA) is 219 Å². The first-order valence-electron chi connectivity index (χ1n) is 15.8. The predicted octanol–water partition coefficient (Wildman–Crippen LogP) is 6.23. The number of rotatable bonds is 14. The summed E-state index contributed by atoms with van der Waals surface area (Å²) >= 11 is 0. The lowest BCUT2D eigenvalue weighted by Gasteiger charge is -2.31. The highest BCUT2D eigenvalue weighted by atomic mass is 16.5. The monoisotopic (exact) mass is 668 g/mol. The second-order valence-corrected chi connectivity index (χ2v) is 12.5. The van der Waals surface area contributed by atoms with Gasteiger partial charge in [-0.2, -0.15) is 0 Å². The first-order chi connectivity index (χ1) is 22.4. The SMILES string of the molecule is CCCC(=O)C1=C(O)C(Cc2c(O)c(Cc3c(O)c(C)c(OC)c(C(=O)CCC)c3O)c(O)c(C(=O)CCC)c2O)=C(O)C(C)(C)C1=O. The van der Waals surface area contributed by atoms with E-state index in [1.54, 1.807) is 20.8 Å². The van der Waals surface area contributed by atoms with Crippen LogP contribution in [0.1, 0.15) is 116 Å². The van der Waals surface area contributed by atoms with Crippen molar-refractivity contribution < 1.29 is 59.7 Å². The molecule has 2 aromatic rings. The molecule has 1 aliphatic rings. The summed E-state index contributed by atoms with van der Waals surface area (Å²) in [6.45, 7) is 9.25. The summed E-state index contributed by atoms with van der Waals surface area (Å²) in [4.78, 5) is 52.4. The summed E-state index contributed by atoms with van der Waals surface area (Å²) in [6, 6.07) is 0. The first-order valence-corrected chi connectivity index (χ1v) is 15.8. The number of Topliss-reactive ketones (excluding diaryl/α,β-unsaturated/α-hetero) is 4. The van der Waals surface area contributed by atoms with Gasteiger partial charge in [0.1, 0.15) is 62.7 Å². The number of ether oxygens (including phenoxy) is 1. The summed E-state index contributed by atoms with van der Waals surface area (Å²) in [5.41, 5.74) is -4.59. The molecule has 12 heteroatoms. The van der Waals surface area contributed by atoms with Gasteiger partial charge in [-0.15, -0.1) is 0 Å². The summed E-state index contributed by atoms with van der Waals surface area (Å²) in [6.07, 6.45) is -0.480. The molecule has 0 unspecified atom stereocenters. The van der Waals surface area contributed by atoms with Crippen LogP contribution in [0, 0.1) is 12.3 Å². The maximum Gasteiger partial charge on any atom is 0.183 e. The fourth-order valence-electron chi connectivity index (χ4n) is 6.00. The largest absolute Gasteiger partial charge is 0.511 e. The normalized spacial score (nSPS) is 14.4. The standard InChI is InChI=1S/C36H44O12/c1-8-11-21(37)24-29(42)18(14-17-27(40)16(4)33(48-7)25(31(17)44)22(38)12-9-2)28(41)19(30(24)43)15-20-32(45)26(23(39)13-10-3)35(47)36(5,6)34(20)46/h40-46H,8-15H2,1-7H3. The highest BCUT2D eigenvalue weighted by Gasteiger charge is 2.45. The lowest BCUT2D eigenvalue weighted by Crippen LogP contribution is -2.36. The fraction of sp³-hybridized carbons (Fsp3) is 0.444. The molecule has 0 spiro atoms. The molecule has 0 amide bonds. The zero-order chi connectivity index (χ0) is 36.4. The first kappa shape index (κ1) is 37.5. The molecule has 3 rings (SSSR count). The van der Waals surface area contributed by atoms with Crippen molar-refractivity contribution in [2.75, 3.05) is 7.11 Å². The number of aromatic hydroxyl groups is 5. The summed E-state index contributed by atoms with van der Waals surface area (Å²) in [5, 5.41) is 79.0. The quantitative estimate of drug-likeness (QED) is 0.0880. The van der Waals surface area contributed by atoms with E-state index in [0.29, 0.717) is 19.3 Å². The molecule has 2 aromatic carbocycles. The predicted molar refractivity (Wildman–Crippen MR) is 175 cm³/mol. The van der Waals surface area contributed by atoms with Crippen LogP contribution in [0.15, 0.2) is 22.7 Å². The van der Waals surface area contributed by atoms with E-state index in [4.69, 9.17) is 4.74 Å². The third kappa shape index (κ3) is 6.31. The van der Waals surface area contributed by atoms with Crippen molar-refractivity contribution in [1.29, 1.82) is 0 Å². The van der Waals surface area contributed by atoms with E-state index in [-0.39, 0.29) is 47.3 Å². The van der Waals surface area contributed by atoms with Gasteiger partial charge in [0.2, 0.25) is 0 Å². The molecule has 0 radical (unpaired) electrons. The molecule has 0 aromatic heterocycles. The molecule has 0 saturated carbocycles. The van der Waals surface area contributed by atoms with Crippen molar-refractivity contribution in [1.82, 2.24) is 0 Å². The lowest BCUT2D eigenvalue weighted by atomic mass is 9.73. The second kappa shape index (κ2) is 14.4. The summed E-state index contributed by atoms with van der Waals surface area (Å²) in [7, 11) is 1.26. The summed E-state index contributed by atoms with van der Waals surface area (Å²) < 4.78 is 5.32. The van der Waals surface area contributed by atoms with E-state index < -0.39 is 104 Å². The Hall–Kier alpha value is -5.00. The van der Waals surface area contributed by atoms with Crippen LogP contribution in [0.3, 0.4) is 0 Å². The number of phenolic OH excluding ortho intramolecular Hbond substituents is 5. The Labute approximate surface area is 278 Å². The van der Waals surface area contributed by atoms with E-state index in [1.807, 2.05) is 0 Å². The number of carbonyl (C=O) groups excluding carboxylic acids is 4. The Morgan fingerprint density at radius 3 is 1.58 bits per heavy atom. The van der Waals surface area contributed by atoms with Gasteiger partial charge in [0.25, 0.3) is 0 Å². The number of allylic oxidation sites excluding steroid dienone is 3. The minimum Gasteiger partial charge on any atom is -0.511 e. The number of hydrogen-bond donors (Lipinski definition) is 7. The van der Waals surface area contributed by atoms with Crippen molar-refractivity contribution in [2.45, 2.75) is 92.9 Å².